The highest BCUT2D eigenvalue weighted by molar-refractivity contribution is 7.09. The van der Waals surface area contributed by atoms with Crippen molar-refractivity contribution in [2.24, 2.45) is 11.8 Å². The maximum absolute atomic E-state index is 4.40. The van der Waals surface area contributed by atoms with E-state index >= 15 is 0 Å². The fourth-order valence-electron chi connectivity index (χ4n) is 1.96. The lowest BCUT2D eigenvalue weighted by atomic mass is 9.93. The van der Waals surface area contributed by atoms with Crippen LogP contribution >= 0.6 is 11.3 Å². The van der Waals surface area contributed by atoms with E-state index in [9.17, 15) is 0 Å². The van der Waals surface area contributed by atoms with Crippen LogP contribution in [0.4, 0.5) is 0 Å². The molecule has 1 heterocycles. The molecule has 0 amide bonds. The number of thiazole rings is 1. The van der Waals surface area contributed by atoms with E-state index in [0.717, 1.165) is 18.9 Å². The van der Waals surface area contributed by atoms with Gasteiger partial charge in [-0.1, -0.05) is 13.8 Å². The fraction of sp³-hybridized carbons (Fsp3) is 0.786. The van der Waals surface area contributed by atoms with Gasteiger partial charge in [0.05, 0.1) is 5.01 Å². The molecule has 0 aromatic carbocycles. The SMILES string of the molecule is CC(C)CC(CNC(C)(C)C)Cc1nccs1. The van der Waals surface area contributed by atoms with Crippen molar-refractivity contribution in [3.05, 3.63) is 16.6 Å². The average molecular weight is 254 g/mol. The second-order valence-corrected chi connectivity index (χ2v) is 7.24. The quantitative estimate of drug-likeness (QED) is 0.836. The normalized spacial score (nSPS) is 14.2. The Kier molecular flexibility index (Phi) is 5.60. The van der Waals surface area contributed by atoms with Gasteiger partial charge in [-0.15, -0.1) is 11.3 Å². The van der Waals surface area contributed by atoms with E-state index in [0.29, 0.717) is 5.92 Å². The topological polar surface area (TPSA) is 24.9 Å². The summed E-state index contributed by atoms with van der Waals surface area (Å²) in [6, 6.07) is 0. The molecule has 0 aliphatic heterocycles. The lowest BCUT2D eigenvalue weighted by Crippen LogP contribution is -2.39. The predicted octanol–water partition coefficient (Wildman–Crippen LogP) is 3.74. The Morgan fingerprint density at radius 1 is 1.35 bits per heavy atom. The Balaban J connectivity index is 2.48. The standard InChI is InChI=1S/C14H26N2S/c1-11(2)8-12(10-16-14(3,4)5)9-13-15-6-7-17-13/h6-7,11-12,16H,8-10H2,1-5H3. The van der Waals surface area contributed by atoms with Gasteiger partial charge in [-0.25, -0.2) is 4.98 Å². The van der Waals surface area contributed by atoms with Crippen LogP contribution in [0.1, 0.15) is 46.0 Å². The lowest BCUT2D eigenvalue weighted by molar-refractivity contribution is 0.331. The third-order valence-electron chi connectivity index (χ3n) is 2.67. The van der Waals surface area contributed by atoms with E-state index in [4.69, 9.17) is 0 Å². The molecule has 2 nitrogen and oxygen atoms in total. The fourth-order valence-corrected chi connectivity index (χ4v) is 2.69. The van der Waals surface area contributed by atoms with Crippen molar-refractivity contribution >= 4 is 11.3 Å². The van der Waals surface area contributed by atoms with Gasteiger partial charge < -0.3 is 5.32 Å². The zero-order chi connectivity index (χ0) is 12.9. The summed E-state index contributed by atoms with van der Waals surface area (Å²) < 4.78 is 0. The van der Waals surface area contributed by atoms with Gasteiger partial charge >= 0.3 is 0 Å². The van der Waals surface area contributed by atoms with Gasteiger partial charge in [0.1, 0.15) is 0 Å². The van der Waals surface area contributed by atoms with E-state index in [-0.39, 0.29) is 5.54 Å². The Bertz CT molecular complexity index is 299. The molecular weight excluding hydrogens is 228 g/mol. The van der Waals surface area contributed by atoms with Crippen LogP contribution in [0.3, 0.4) is 0 Å². The minimum absolute atomic E-state index is 0.206. The molecular formula is C14H26N2S. The smallest absolute Gasteiger partial charge is 0.0928 e. The summed E-state index contributed by atoms with van der Waals surface area (Å²) in [6.45, 7) is 12.4. The summed E-state index contributed by atoms with van der Waals surface area (Å²) >= 11 is 1.77. The average Bonchev–Trinajstić information content (AvgIpc) is 2.65. The van der Waals surface area contributed by atoms with E-state index in [1.807, 2.05) is 6.20 Å². The minimum atomic E-state index is 0.206. The molecule has 0 aliphatic carbocycles. The summed E-state index contributed by atoms with van der Waals surface area (Å²) in [5.74, 6) is 1.45. The van der Waals surface area contributed by atoms with Gasteiger partial charge in [0, 0.05) is 23.5 Å². The molecule has 1 N–H and O–H groups in total. The molecule has 0 fully saturated rings. The molecule has 0 aliphatic rings. The van der Waals surface area contributed by atoms with Gasteiger partial charge in [0.2, 0.25) is 0 Å². The summed E-state index contributed by atoms with van der Waals surface area (Å²) in [7, 11) is 0. The van der Waals surface area contributed by atoms with Gasteiger partial charge in [-0.3, -0.25) is 0 Å². The van der Waals surface area contributed by atoms with Crippen LogP contribution < -0.4 is 5.32 Å². The third-order valence-corrected chi connectivity index (χ3v) is 3.47. The first kappa shape index (κ1) is 14.7. The van der Waals surface area contributed by atoms with Crippen LogP contribution in [0.25, 0.3) is 0 Å². The maximum atomic E-state index is 4.40. The van der Waals surface area contributed by atoms with Crippen LogP contribution in [0.5, 0.6) is 0 Å². The molecule has 1 aromatic heterocycles. The molecule has 1 atom stereocenters. The second kappa shape index (κ2) is 6.50. The number of hydrogen-bond donors (Lipinski definition) is 1. The molecule has 0 bridgehead atoms. The molecule has 0 spiro atoms. The molecule has 3 heteroatoms. The number of nitrogens with one attached hydrogen (secondary N) is 1. The Morgan fingerprint density at radius 3 is 2.53 bits per heavy atom. The molecule has 1 aromatic rings. The molecule has 17 heavy (non-hydrogen) atoms. The lowest BCUT2D eigenvalue weighted by Gasteiger charge is -2.26. The Hall–Kier alpha value is -0.410. The molecule has 98 valence electrons. The van der Waals surface area contributed by atoms with Gasteiger partial charge in [0.15, 0.2) is 0 Å². The van der Waals surface area contributed by atoms with Crippen molar-refractivity contribution in [3.63, 3.8) is 0 Å². The van der Waals surface area contributed by atoms with Crippen LogP contribution in [0.15, 0.2) is 11.6 Å². The van der Waals surface area contributed by atoms with Crippen LogP contribution in [0, 0.1) is 11.8 Å². The predicted molar refractivity (Wildman–Crippen MR) is 76.5 cm³/mol. The zero-order valence-electron chi connectivity index (χ0n) is 11.8. The van der Waals surface area contributed by atoms with Crippen molar-refractivity contribution < 1.29 is 0 Å². The van der Waals surface area contributed by atoms with Crippen LogP contribution in [-0.2, 0) is 6.42 Å². The van der Waals surface area contributed by atoms with Gasteiger partial charge in [0.25, 0.3) is 0 Å². The highest BCUT2D eigenvalue weighted by Crippen LogP contribution is 2.19. The highest BCUT2D eigenvalue weighted by Gasteiger charge is 2.16. The molecule has 1 rings (SSSR count). The molecule has 0 saturated carbocycles. The first-order chi connectivity index (χ1) is 7.87. The first-order valence-electron chi connectivity index (χ1n) is 6.50. The van der Waals surface area contributed by atoms with E-state index in [2.05, 4.69) is 50.3 Å². The van der Waals surface area contributed by atoms with E-state index < -0.39 is 0 Å². The summed E-state index contributed by atoms with van der Waals surface area (Å²) in [6.07, 6.45) is 4.28. The van der Waals surface area contributed by atoms with Crippen molar-refractivity contribution in [2.45, 2.75) is 53.0 Å². The van der Waals surface area contributed by atoms with Crippen LogP contribution in [0.2, 0.25) is 0 Å². The van der Waals surface area contributed by atoms with E-state index in [1.54, 1.807) is 11.3 Å². The number of aromatic nitrogens is 1. The molecule has 0 radical (unpaired) electrons. The Morgan fingerprint density at radius 2 is 2.06 bits per heavy atom. The minimum Gasteiger partial charge on any atom is -0.312 e. The van der Waals surface area contributed by atoms with Crippen molar-refractivity contribution in [3.8, 4) is 0 Å². The third kappa shape index (κ3) is 6.79. The number of rotatable bonds is 6. The Labute approximate surface area is 110 Å². The summed E-state index contributed by atoms with van der Waals surface area (Å²) in [4.78, 5) is 4.40. The largest absolute Gasteiger partial charge is 0.312 e. The molecule has 1 unspecified atom stereocenters. The number of hydrogen-bond acceptors (Lipinski definition) is 3. The van der Waals surface area contributed by atoms with Gasteiger partial charge in [-0.05, 0) is 45.6 Å². The maximum Gasteiger partial charge on any atom is 0.0928 e. The monoisotopic (exact) mass is 254 g/mol. The van der Waals surface area contributed by atoms with Crippen molar-refractivity contribution in [1.29, 1.82) is 0 Å². The highest BCUT2D eigenvalue weighted by atomic mass is 32.1. The second-order valence-electron chi connectivity index (χ2n) is 6.26. The number of nitrogens with zero attached hydrogens (tertiary/aromatic N) is 1. The van der Waals surface area contributed by atoms with Gasteiger partial charge in [-0.2, -0.15) is 0 Å². The van der Waals surface area contributed by atoms with Crippen LogP contribution in [-0.4, -0.2) is 17.1 Å². The van der Waals surface area contributed by atoms with Crippen molar-refractivity contribution in [2.75, 3.05) is 6.54 Å². The van der Waals surface area contributed by atoms with E-state index in [1.165, 1.54) is 11.4 Å². The summed E-state index contributed by atoms with van der Waals surface area (Å²) in [5, 5.41) is 6.95. The van der Waals surface area contributed by atoms with Crippen molar-refractivity contribution in [1.82, 2.24) is 10.3 Å². The molecule has 0 saturated heterocycles. The zero-order valence-corrected chi connectivity index (χ0v) is 12.6. The first-order valence-corrected chi connectivity index (χ1v) is 7.38. The summed E-state index contributed by atoms with van der Waals surface area (Å²) in [5.41, 5.74) is 0.206.